The Bertz CT molecular complexity index is 531. The molecule has 0 radical (unpaired) electrons. The van der Waals surface area contributed by atoms with Gasteiger partial charge in [-0.3, -0.25) is 0 Å². The van der Waals surface area contributed by atoms with E-state index in [9.17, 15) is 9.90 Å². The number of aromatic nitrogens is 2. The fourth-order valence-corrected chi connectivity index (χ4v) is 1.57. The first kappa shape index (κ1) is 9.51. The van der Waals surface area contributed by atoms with Gasteiger partial charge in [-0.25, -0.2) is 4.79 Å². The molecule has 0 fully saturated rings. The Kier molecular flexibility index (Phi) is 2.07. The average molecular weight is 206 g/mol. The molecule has 2 rings (SSSR count). The standard InChI is InChI=1S/C10H10N2O3/c1-2-8-7-4-3-6(13)5-9(7)12(11-8)10(14)15/h3-5,13H,2H2,1H3,(H,14,15). The van der Waals surface area contributed by atoms with E-state index in [1.54, 1.807) is 6.07 Å². The average Bonchev–Trinajstić information content (AvgIpc) is 2.55. The highest BCUT2D eigenvalue weighted by atomic mass is 16.4. The Morgan fingerprint density at radius 2 is 2.27 bits per heavy atom. The molecule has 0 saturated carbocycles. The van der Waals surface area contributed by atoms with E-state index in [-0.39, 0.29) is 5.75 Å². The maximum Gasteiger partial charge on any atom is 0.432 e. The molecule has 0 aliphatic rings. The molecule has 0 bridgehead atoms. The van der Waals surface area contributed by atoms with E-state index in [0.717, 1.165) is 10.1 Å². The molecule has 1 aromatic heterocycles. The predicted molar refractivity (Wildman–Crippen MR) is 54.2 cm³/mol. The maximum absolute atomic E-state index is 10.9. The van der Waals surface area contributed by atoms with Gasteiger partial charge >= 0.3 is 6.09 Å². The van der Waals surface area contributed by atoms with E-state index in [1.165, 1.54) is 12.1 Å². The molecule has 0 aliphatic carbocycles. The molecule has 1 heterocycles. The summed E-state index contributed by atoms with van der Waals surface area (Å²) in [7, 11) is 0. The topological polar surface area (TPSA) is 75.4 Å². The molecule has 0 spiro atoms. The number of hydrogen-bond acceptors (Lipinski definition) is 3. The quantitative estimate of drug-likeness (QED) is 0.746. The molecule has 0 amide bonds. The zero-order valence-corrected chi connectivity index (χ0v) is 8.14. The van der Waals surface area contributed by atoms with Crippen LogP contribution in [0.1, 0.15) is 12.6 Å². The molecule has 0 saturated heterocycles. The highest BCUT2D eigenvalue weighted by molar-refractivity contribution is 5.90. The number of phenols is 1. The SMILES string of the molecule is CCc1nn(C(=O)O)c2cc(O)ccc12. The van der Waals surface area contributed by atoms with Crippen LogP contribution in [0.5, 0.6) is 5.75 Å². The number of aromatic hydroxyl groups is 1. The van der Waals surface area contributed by atoms with Crippen molar-refractivity contribution in [2.24, 2.45) is 0 Å². The number of fused-ring (bicyclic) bond motifs is 1. The monoisotopic (exact) mass is 206 g/mol. The van der Waals surface area contributed by atoms with Gasteiger partial charge in [0.2, 0.25) is 0 Å². The van der Waals surface area contributed by atoms with E-state index in [4.69, 9.17) is 5.11 Å². The normalized spacial score (nSPS) is 10.7. The molecule has 0 unspecified atom stereocenters. The zero-order chi connectivity index (χ0) is 11.0. The van der Waals surface area contributed by atoms with Gasteiger partial charge in [0.15, 0.2) is 0 Å². The number of carboxylic acid groups (broad SMARTS) is 1. The van der Waals surface area contributed by atoms with Crippen LogP contribution in [0, 0.1) is 0 Å². The van der Waals surface area contributed by atoms with Gasteiger partial charge in [-0.05, 0) is 18.6 Å². The van der Waals surface area contributed by atoms with Crippen molar-refractivity contribution in [1.29, 1.82) is 0 Å². The van der Waals surface area contributed by atoms with Gasteiger partial charge in [0.25, 0.3) is 0 Å². The lowest BCUT2D eigenvalue weighted by Crippen LogP contribution is -2.09. The van der Waals surface area contributed by atoms with Gasteiger partial charge in [0.1, 0.15) is 5.75 Å². The minimum Gasteiger partial charge on any atom is -0.508 e. The lowest BCUT2D eigenvalue weighted by molar-refractivity contribution is 0.194. The Morgan fingerprint density at radius 1 is 1.53 bits per heavy atom. The minimum absolute atomic E-state index is 0.0348. The third kappa shape index (κ3) is 1.41. The number of phenolic OH excluding ortho intramolecular Hbond substituents is 1. The van der Waals surface area contributed by atoms with E-state index in [2.05, 4.69) is 5.10 Å². The third-order valence-electron chi connectivity index (χ3n) is 2.26. The van der Waals surface area contributed by atoms with Gasteiger partial charge in [0, 0.05) is 11.5 Å². The molecule has 78 valence electrons. The number of aryl methyl sites for hydroxylation is 1. The molecule has 0 aliphatic heterocycles. The summed E-state index contributed by atoms with van der Waals surface area (Å²) in [4.78, 5) is 10.9. The Morgan fingerprint density at radius 3 is 2.87 bits per heavy atom. The van der Waals surface area contributed by atoms with Crippen LogP contribution in [0.3, 0.4) is 0 Å². The Hall–Kier alpha value is -2.04. The molecule has 5 heteroatoms. The Balaban J connectivity index is 2.81. The van der Waals surface area contributed by atoms with Gasteiger partial charge in [-0.1, -0.05) is 6.92 Å². The number of carbonyl (C=O) groups is 1. The van der Waals surface area contributed by atoms with Crippen LogP contribution < -0.4 is 0 Å². The number of rotatable bonds is 1. The molecule has 5 nitrogen and oxygen atoms in total. The van der Waals surface area contributed by atoms with Crippen LogP contribution in [0.25, 0.3) is 10.9 Å². The van der Waals surface area contributed by atoms with Gasteiger partial charge in [0.05, 0.1) is 11.2 Å². The fourth-order valence-electron chi connectivity index (χ4n) is 1.57. The minimum atomic E-state index is -1.15. The van der Waals surface area contributed by atoms with Gasteiger partial charge in [-0.2, -0.15) is 9.78 Å². The summed E-state index contributed by atoms with van der Waals surface area (Å²) in [5, 5.41) is 22.9. The van der Waals surface area contributed by atoms with Crippen molar-refractivity contribution in [3.63, 3.8) is 0 Å². The van der Waals surface area contributed by atoms with Crippen LogP contribution >= 0.6 is 0 Å². The van der Waals surface area contributed by atoms with Crippen LogP contribution in [0.4, 0.5) is 4.79 Å². The van der Waals surface area contributed by atoms with Crippen LogP contribution in [-0.4, -0.2) is 26.1 Å². The smallest absolute Gasteiger partial charge is 0.432 e. The molecular formula is C10H10N2O3. The second-order valence-corrected chi connectivity index (χ2v) is 3.20. The Labute approximate surface area is 85.6 Å². The van der Waals surface area contributed by atoms with E-state index in [0.29, 0.717) is 17.6 Å². The summed E-state index contributed by atoms with van der Waals surface area (Å²) in [5.74, 6) is 0.0348. The summed E-state index contributed by atoms with van der Waals surface area (Å²) in [6.07, 6.45) is -0.494. The van der Waals surface area contributed by atoms with Gasteiger partial charge in [-0.15, -0.1) is 0 Å². The zero-order valence-electron chi connectivity index (χ0n) is 8.14. The first-order chi connectivity index (χ1) is 7.13. The summed E-state index contributed by atoms with van der Waals surface area (Å²) in [6.45, 7) is 1.90. The highest BCUT2D eigenvalue weighted by Gasteiger charge is 2.13. The predicted octanol–water partition coefficient (Wildman–Crippen LogP) is 1.83. The van der Waals surface area contributed by atoms with Crippen LogP contribution in [0.15, 0.2) is 18.2 Å². The van der Waals surface area contributed by atoms with Crippen molar-refractivity contribution in [3.05, 3.63) is 23.9 Å². The van der Waals surface area contributed by atoms with E-state index < -0.39 is 6.09 Å². The summed E-state index contributed by atoms with van der Waals surface area (Å²) >= 11 is 0. The van der Waals surface area contributed by atoms with Crippen molar-refractivity contribution in [2.75, 3.05) is 0 Å². The maximum atomic E-state index is 10.9. The summed E-state index contributed by atoms with van der Waals surface area (Å²) in [6, 6.07) is 4.60. The fraction of sp³-hybridized carbons (Fsp3) is 0.200. The van der Waals surface area contributed by atoms with Crippen molar-refractivity contribution < 1.29 is 15.0 Å². The van der Waals surface area contributed by atoms with E-state index in [1.807, 2.05) is 6.92 Å². The largest absolute Gasteiger partial charge is 0.508 e. The van der Waals surface area contributed by atoms with Gasteiger partial charge < -0.3 is 10.2 Å². The molecule has 2 N–H and O–H groups in total. The van der Waals surface area contributed by atoms with Crippen LogP contribution in [-0.2, 0) is 6.42 Å². The summed E-state index contributed by atoms with van der Waals surface area (Å²) < 4.78 is 0.883. The van der Waals surface area contributed by atoms with Crippen molar-refractivity contribution in [1.82, 2.24) is 9.78 Å². The number of nitrogens with zero attached hydrogens (tertiary/aromatic N) is 2. The molecule has 0 atom stereocenters. The first-order valence-electron chi connectivity index (χ1n) is 4.57. The number of benzene rings is 1. The van der Waals surface area contributed by atoms with Crippen molar-refractivity contribution in [2.45, 2.75) is 13.3 Å². The lowest BCUT2D eigenvalue weighted by atomic mass is 10.2. The molecular weight excluding hydrogens is 196 g/mol. The second kappa shape index (κ2) is 3.27. The lowest BCUT2D eigenvalue weighted by Gasteiger charge is -1.95. The molecule has 1 aromatic carbocycles. The molecule has 2 aromatic rings. The second-order valence-electron chi connectivity index (χ2n) is 3.20. The van der Waals surface area contributed by atoms with Crippen molar-refractivity contribution in [3.8, 4) is 5.75 Å². The van der Waals surface area contributed by atoms with Crippen LogP contribution in [0.2, 0.25) is 0 Å². The van der Waals surface area contributed by atoms with Crippen molar-refractivity contribution >= 4 is 17.0 Å². The first-order valence-corrected chi connectivity index (χ1v) is 4.57. The molecule has 15 heavy (non-hydrogen) atoms. The third-order valence-corrected chi connectivity index (χ3v) is 2.26. The highest BCUT2D eigenvalue weighted by Crippen LogP contribution is 2.23. The van der Waals surface area contributed by atoms with E-state index >= 15 is 0 Å². The number of hydrogen-bond donors (Lipinski definition) is 2. The summed E-state index contributed by atoms with van der Waals surface area (Å²) in [5.41, 5.74) is 1.13.